The Morgan fingerprint density at radius 2 is 0.905 bits per heavy atom. The van der Waals surface area contributed by atoms with Gasteiger partial charge in [-0.15, -0.1) is 0 Å². The van der Waals surface area contributed by atoms with Gasteiger partial charge in [0.1, 0.15) is 0 Å². The lowest BCUT2D eigenvalue weighted by Crippen LogP contribution is -2.06. The van der Waals surface area contributed by atoms with Gasteiger partial charge in [0.15, 0.2) is 0 Å². The van der Waals surface area contributed by atoms with Crippen LogP contribution in [0.15, 0.2) is 0 Å². The Morgan fingerprint density at radius 3 is 1.33 bits per heavy atom. The normalized spacial score (nSPS) is 14.3. The van der Waals surface area contributed by atoms with Crippen LogP contribution in [0.1, 0.15) is 110 Å². The molecule has 0 bridgehead atoms. The van der Waals surface area contributed by atoms with Crippen LogP contribution in [0.2, 0.25) is 0 Å². The Bertz CT molecular complexity index is 194. The molecule has 2 nitrogen and oxygen atoms in total. The van der Waals surface area contributed by atoms with Crippen molar-refractivity contribution < 1.29 is 10.2 Å². The molecule has 0 aromatic carbocycles. The molecule has 0 radical (unpaired) electrons. The number of hydrogen-bond acceptors (Lipinski definition) is 2. The van der Waals surface area contributed by atoms with E-state index in [4.69, 9.17) is 0 Å². The van der Waals surface area contributed by atoms with Gasteiger partial charge in [0.2, 0.25) is 0 Å². The summed E-state index contributed by atoms with van der Waals surface area (Å²) in [6, 6.07) is 0. The fraction of sp³-hybridized carbons (Fsp3) is 1.00. The Hall–Kier alpha value is -0.0800. The molecule has 0 saturated carbocycles. The molecule has 0 saturated heterocycles. The predicted molar refractivity (Wildman–Crippen MR) is 92.6 cm³/mol. The minimum atomic E-state index is -0.0857. The lowest BCUT2D eigenvalue weighted by Gasteiger charge is -2.10. The summed E-state index contributed by atoms with van der Waals surface area (Å²) in [7, 11) is 0. The zero-order valence-electron chi connectivity index (χ0n) is 14.7. The third-order valence-electron chi connectivity index (χ3n) is 4.44. The summed E-state index contributed by atoms with van der Waals surface area (Å²) in [5, 5.41) is 19.4. The van der Waals surface area contributed by atoms with Crippen molar-refractivity contribution in [1.82, 2.24) is 0 Å². The van der Waals surface area contributed by atoms with E-state index in [-0.39, 0.29) is 12.2 Å². The molecule has 0 aromatic heterocycles. The molecule has 2 atom stereocenters. The van der Waals surface area contributed by atoms with Crippen molar-refractivity contribution >= 4 is 0 Å². The SMILES string of the molecule is CCCCCCCC(O)CCCCCCCCC(O)CC. The maximum absolute atomic E-state index is 9.91. The van der Waals surface area contributed by atoms with Gasteiger partial charge in [0, 0.05) is 0 Å². The zero-order chi connectivity index (χ0) is 15.8. The molecule has 128 valence electrons. The van der Waals surface area contributed by atoms with Crippen molar-refractivity contribution in [2.24, 2.45) is 0 Å². The highest BCUT2D eigenvalue weighted by Gasteiger charge is 2.04. The quantitative estimate of drug-likeness (QED) is 0.364. The third-order valence-corrected chi connectivity index (χ3v) is 4.44. The van der Waals surface area contributed by atoms with E-state index in [1.165, 1.54) is 64.2 Å². The van der Waals surface area contributed by atoms with E-state index in [0.717, 1.165) is 32.1 Å². The average Bonchev–Trinajstić information content (AvgIpc) is 2.49. The van der Waals surface area contributed by atoms with Crippen molar-refractivity contribution in [1.29, 1.82) is 0 Å². The van der Waals surface area contributed by atoms with Crippen LogP contribution in [0, 0.1) is 0 Å². The van der Waals surface area contributed by atoms with Gasteiger partial charge in [-0.3, -0.25) is 0 Å². The van der Waals surface area contributed by atoms with Gasteiger partial charge in [0.05, 0.1) is 12.2 Å². The van der Waals surface area contributed by atoms with Crippen LogP contribution in [-0.4, -0.2) is 22.4 Å². The summed E-state index contributed by atoms with van der Waals surface area (Å²) < 4.78 is 0. The number of aliphatic hydroxyl groups excluding tert-OH is 2. The largest absolute Gasteiger partial charge is 0.393 e. The highest BCUT2D eigenvalue weighted by atomic mass is 16.3. The molecular weight excluding hydrogens is 260 g/mol. The summed E-state index contributed by atoms with van der Waals surface area (Å²) in [5.74, 6) is 0. The zero-order valence-corrected chi connectivity index (χ0v) is 14.7. The molecule has 0 amide bonds. The second-order valence-corrected chi connectivity index (χ2v) is 6.62. The number of aliphatic hydroxyl groups is 2. The van der Waals surface area contributed by atoms with Gasteiger partial charge in [0.25, 0.3) is 0 Å². The smallest absolute Gasteiger partial charge is 0.0540 e. The summed E-state index contributed by atoms with van der Waals surface area (Å²) >= 11 is 0. The molecular formula is C19H40O2. The lowest BCUT2D eigenvalue weighted by atomic mass is 10.0. The Kier molecular flexibility index (Phi) is 16.2. The van der Waals surface area contributed by atoms with E-state index in [1.807, 2.05) is 6.92 Å². The molecule has 2 N–H and O–H groups in total. The highest BCUT2D eigenvalue weighted by Crippen LogP contribution is 2.14. The van der Waals surface area contributed by atoms with Crippen molar-refractivity contribution in [3.05, 3.63) is 0 Å². The van der Waals surface area contributed by atoms with Crippen LogP contribution < -0.4 is 0 Å². The van der Waals surface area contributed by atoms with Crippen molar-refractivity contribution in [3.63, 3.8) is 0 Å². The van der Waals surface area contributed by atoms with Gasteiger partial charge in [-0.1, -0.05) is 84.5 Å². The van der Waals surface area contributed by atoms with Gasteiger partial charge in [-0.25, -0.2) is 0 Å². The van der Waals surface area contributed by atoms with Crippen LogP contribution in [0.4, 0.5) is 0 Å². The highest BCUT2D eigenvalue weighted by molar-refractivity contribution is 4.58. The fourth-order valence-electron chi connectivity index (χ4n) is 2.80. The van der Waals surface area contributed by atoms with Crippen molar-refractivity contribution in [2.45, 2.75) is 122 Å². The Morgan fingerprint density at radius 1 is 0.524 bits per heavy atom. The Balaban J connectivity index is 3.16. The number of unbranched alkanes of at least 4 members (excludes halogenated alkanes) is 9. The molecule has 0 heterocycles. The minimum absolute atomic E-state index is 0.0636. The van der Waals surface area contributed by atoms with E-state index in [9.17, 15) is 10.2 Å². The van der Waals surface area contributed by atoms with Crippen molar-refractivity contribution in [3.8, 4) is 0 Å². The Labute approximate surface area is 133 Å². The van der Waals surface area contributed by atoms with Crippen LogP contribution >= 0.6 is 0 Å². The molecule has 21 heavy (non-hydrogen) atoms. The van der Waals surface area contributed by atoms with E-state index in [1.54, 1.807) is 0 Å². The van der Waals surface area contributed by atoms with Gasteiger partial charge >= 0.3 is 0 Å². The maximum atomic E-state index is 9.91. The molecule has 0 aliphatic heterocycles. The van der Waals surface area contributed by atoms with Crippen LogP contribution in [0.5, 0.6) is 0 Å². The topological polar surface area (TPSA) is 40.5 Å². The number of rotatable bonds is 16. The van der Waals surface area contributed by atoms with Gasteiger partial charge in [-0.05, 0) is 25.7 Å². The first kappa shape index (κ1) is 20.9. The fourth-order valence-corrected chi connectivity index (χ4v) is 2.80. The van der Waals surface area contributed by atoms with Crippen molar-refractivity contribution in [2.75, 3.05) is 0 Å². The van der Waals surface area contributed by atoms with Gasteiger partial charge in [-0.2, -0.15) is 0 Å². The standard InChI is InChI=1S/C19H40O2/c1-3-5-6-9-13-16-19(21)17-14-11-8-7-10-12-15-18(20)4-2/h18-21H,3-17H2,1-2H3. The summed E-state index contributed by atoms with van der Waals surface area (Å²) in [6.07, 6.45) is 17.5. The average molecular weight is 301 g/mol. The minimum Gasteiger partial charge on any atom is -0.393 e. The third kappa shape index (κ3) is 16.1. The first-order valence-electron chi connectivity index (χ1n) is 9.56. The molecule has 2 heteroatoms. The first-order chi connectivity index (χ1) is 10.2. The second-order valence-electron chi connectivity index (χ2n) is 6.62. The van der Waals surface area contributed by atoms with E-state index in [2.05, 4.69) is 6.92 Å². The van der Waals surface area contributed by atoms with Crippen LogP contribution in [0.3, 0.4) is 0 Å². The molecule has 0 fully saturated rings. The molecule has 0 rings (SSSR count). The molecule has 0 aromatic rings. The van der Waals surface area contributed by atoms with E-state index in [0.29, 0.717) is 0 Å². The monoisotopic (exact) mass is 300 g/mol. The van der Waals surface area contributed by atoms with Gasteiger partial charge < -0.3 is 10.2 Å². The first-order valence-corrected chi connectivity index (χ1v) is 9.56. The summed E-state index contributed by atoms with van der Waals surface area (Å²) in [5.41, 5.74) is 0. The lowest BCUT2D eigenvalue weighted by molar-refractivity contribution is 0.146. The number of hydrogen-bond donors (Lipinski definition) is 2. The summed E-state index contributed by atoms with van der Waals surface area (Å²) in [6.45, 7) is 4.28. The van der Waals surface area contributed by atoms with Crippen LogP contribution in [-0.2, 0) is 0 Å². The predicted octanol–water partition coefficient (Wildman–Crippen LogP) is 5.60. The maximum Gasteiger partial charge on any atom is 0.0540 e. The molecule has 0 spiro atoms. The van der Waals surface area contributed by atoms with E-state index >= 15 is 0 Å². The molecule has 2 unspecified atom stereocenters. The second kappa shape index (κ2) is 16.3. The molecule has 0 aliphatic carbocycles. The van der Waals surface area contributed by atoms with E-state index < -0.39 is 0 Å². The van der Waals surface area contributed by atoms with Crippen LogP contribution in [0.25, 0.3) is 0 Å². The summed E-state index contributed by atoms with van der Waals surface area (Å²) in [4.78, 5) is 0. The molecule has 0 aliphatic rings.